The van der Waals surface area contributed by atoms with E-state index >= 15 is 0 Å². The molecule has 1 atom stereocenters. The number of nitrogens with zero attached hydrogens (tertiary/aromatic N) is 1. The Morgan fingerprint density at radius 1 is 1.47 bits per heavy atom. The number of carbonyl (C=O) groups is 2. The molecule has 0 spiro atoms. The largest absolute Gasteiger partial charge is 0.477 e. The first-order valence-corrected chi connectivity index (χ1v) is 6.67. The minimum atomic E-state index is -1.00. The SMILES string of the molecule is Cc1nc(CNC(=O)[C@@H](N)C(C)(C)C)sc1C(=O)O. The lowest BCUT2D eigenvalue weighted by molar-refractivity contribution is -0.124. The highest BCUT2D eigenvalue weighted by Crippen LogP contribution is 2.19. The van der Waals surface area contributed by atoms with Crippen molar-refractivity contribution in [3.05, 3.63) is 15.6 Å². The van der Waals surface area contributed by atoms with Gasteiger partial charge in [0.15, 0.2) is 0 Å². The predicted octanol–water partition coefficient (Wildman–Crippen LogP) is 1.14. The van der Waals surface area contributed by atoms with Gasteiger partial charge in [0, 0.05) is 0 Å². The van der Waals surface area contributed by atoms with E-state index in [1.165, 1.54) is 0 Å². The zero-order valence-corrected chi connectivity index (χ0v) is 12.3. The van der Waals surface area contributed by atoms with Crippen LogP contribution in [0.25, 0.3) is 0 Å². The fourth-order valence-corrected chi connectivity index (χ4v) is 2.24. The van der Waals surface area contributed by atoms with Crippen LogP contribution < -0.4 is 11.1 Å². The van der Waals surface area contributed by atoms with E-state index in [-0.39, 0.29) is 22.7 Å². The second kappa shape index (κ2) is 5.66. The standard InChI is InChI=1S/C12H19N3O3S/c1-6-8(11(17)18)19-7(15-6)5-14-10(16)9(13)12(2,3)4/h9H,5,13H2,1-4H3,(H,14,16)(H,17,18)/t9-/m1/s1. The van der Waals surface area contributed by atoms with Crippen LogP contribution in [0.5, 0.6) is 0 Å². The van der Waals surface area contributed by atoms with Crippen molar-refractivity contribution in [3.63, 3.8) is 0 Å². The van der Waals surface area contributed by atoms with Crippen LogP contribution in [0.1, 0.15) is 41.1 Å². The average Bonchev–Trinajstić information content (AvgIpc) is 2.65. The number of carboxylic acids is 1. The van der Waals surface area contributed by atoms with E-state index < -0.39 is 12.0 Å². The van der Waals surface area contributed by atoms with Crippen molar-refractivity contribution in [1.29, 1.82) is 0 Å². The van der Waals surface area contributed by atoms with Crippen molar-refractivity contribution >= 4 is 23.2 Å². The number of carbonyl (C=O) groups excluding carboxylic acids is 1. The van der Waals surface area contributed by atoms with Gasteiger partial charge in [-0.3, -0.25) is 4.79 Å². The first kappa shape index (κ1) is 15.6. The number of nitrogens with one attached hydrogen (secondary N) is 1. The Morgan fingerprint density at radius 3 is 2.47 bits per heavy atom. The second-order valence-electron chi connectivity index (χ2n) is 5.39. The summed E-state index contributed by atoms with van der Waals surface area (Å²) in [6.45, 7) is 7.47. The molecule has 1 amide bonds. The molecule has 1 aromatic heterocycles. The molecule has 0 bridgehead atoms. The molecule has 0 aromatic carbocycles. The summed E-state index contributed by atoms with van der Waals surface area (Å²) < 4.78 is 0. The minimum Gasteiger partial charge on any atom is -0.477 e. The van der Waals surface area contributed by atoms with Crippen LogP contribution in [0, 0.1) is 12.3 Å². The molecule has 6 nitrogen and oxygen atoms in total. The highest BCUT2D eigenvalue weighted by atomic mass is 32.1. The Balaban J connectivity index is 2.65. The Bertz CT molecular complexity index is 491. The van der Waals surface area contributed by atoms with Gasteiger partial charge >= 0.3 is 5.97 Å². The molecule has 1 rings (SSSR count). The second-order valence-corrected chi connectivity index (χ2v) is 6.47. The number of hydrogen-bond acceptors (Lipinski definition) is 5. The molecule has 7 heteroatoms. The van der Waals surface area contributed by atoms with Crippen LogP contribution in [-0.4, -0.2) is 28.0 Å². The molecule has 0 aliphatic carbocycles. The summed E-state index contributed by atoms with van der Waals surface area (Å²) >= 11 is 1.06. The number of aromatic nitrogens is 1. The van der Waals surface area contributed by atoms with E-state index in [9.17, 15) is 9.59 Å². The molecule has 106 valence electrons. The van der Waals surface area contributed by atoms with E-state index in [1.807, 2.05) is 20.8 Å². The number of hydrogen-bond donors (Lipinski definition) is 3. The monoisotopic (exact) mass is 285 g/mol. The third-order valence-corrected chi connectivity index (χ3v) is 3.81. The van der Waals surface area contributed by atoms with Gasteiger partial charge in [-0.25, -0.2) is 9.78 Å². The van der Waals surface area contributed by atoms with Gasteiger partial charge in [-0.2, -0.15) is 0 Å². The molecular weight excluding hydrogens is 266 g/mol. The lowest BCUT2D eigenvalue weighted by Crippen LogP contribution is -2.48. The first-order valence-electron chi connectivity index (χ1n) is 5.86. The molecule has 0 saturated carbocycles. The number of amides is 1. The van der Waals surface area contributed by atoms with Crippen LogP contribution in [0.3, 0.4) is 0 Å². The summed E-state index contributed by atoms with van der Waals surface area (Å²) in [7, 11) is 0. The zero-order chi connectivity index (χ0) is 14.8. The number of nitrogens with two attached hydrogens (primary N) is 1. The molecule has 1 heterocycles. The highest BCUT2D eigenvalue weighted by molar-refractivity contribution is 7.13. The van der Waals surface area contributed by atoms with Gasteiger partial charge in [-0.1, -0.05) is 20.8 Å². The topological polar surface area (TPSA) is 105 Å². The fourth-order valence-electron chi connectivity index (χ4n) is 1.39. The lowest BCUT2D eigenvalue weighted by atomic mass is 9.87. The number of aromatic carboxylic acids is 1. The number of aryl methyl sites for hydroxylation is 1. The Labute approximate surface area is 116 Å². The molecule has 1 aromatic rings. The molecule has 0 saturated heterocycles. The normalized spacial score (nSPS) is 13.1. The molecule has 19 heavy (non-hydrogen) atoms. The summed E-state index contributed by atoms with van der Waals surface area (Å²) in [5.74, 6) is -1.27. The maximum absolute atomic E-state index is 11.8. The number of carboxylic acid groups (broad SMARTS) is 1. The highest BCUT2D eigenvalue weighted by Gasteiger charge is 2.27. The van der Waals surface area contributed by atoms with Crippen LogP contribution >= 0.6 is 11.3 Å². The summed E-state index contributed by atoms with van der Waals surface area (Å²) in [5.41, 5.74) is 5.95. The van der Waals surface area contributed by atoms with Crippen molar-refractivity contribution in [1.82, 2.24) is 10.3 Å². The molecular formula is C12H19N3O3S. The quantitative estimate of drug-likeness (QED) is 0.769. The van der Waals surface area contributed by atoms with Crippen LogP contribution in [0.15, 0.2) is 0 Å². The minimum absolute atomic E-state index is 0.196. The summed E-state index contributed by atoms with van der Waals surface area (Å²) in [6, 6.07) is -0.618. The zero-order valence-electron chi connectivity index (χ0n) is 11.5. The first-order chi connectivity index (χ1) is 8.62. The molecule has 4 N–H and O–H groups in total. The molecule has 0 aliphatic heterocycles. The van der Waals surface area contributed by atoms with Crippen molar-refractivity contribution in [3.8, 4) is 0 Å². The Kier molecular flexibility index (Phi) is 4.65. The molecule has 0 aliphatic rings. The van der Waals surface area contributed by atoms with Gasteiger partial charge in [0.1, 0.15) is 9.88 Å². The van der Waals surface area contributed by atoms with Crippen LogP contribution in [-0.2, 0) is 11.3 Å². The third-order valence-electron chi connectivity index (χ3n) is 2.66. The smallest absolute Gasteiger partial charge is 0.347 e. The maximum Gasteiger partial charge on any atom is 0.347 e. The lowest BCUT2D eigenvalue weighted by Gasteiger charge is -2.25. The van der Waals surface area contributed by atoms with Crippen LogP contribution in [0.2, 0.25) is 0 Å². The third kappa shape index (κ3) is 4.00. The van der Waals surface area contributed by atoms with Gasteiger partial charge in [0.05, 0.1) is 18.3 Å². The predicted molar refractivity (Wildman–Crippen MR) is 73.1 cm³/mol. The van der Waals surface area contributed by atoms with E-state index in [4.69, 9.17) is 10.8 Å². The summed E-state index contributed by atoms with van der Waals surface area (Å²) in [5, 5.41) is 12.1. The van der Waals surface area contributed by atoms with Crippen molar-refractivity contribution in [2.24, 2.45) is 11.1 Å². The van der Waals surface area contributed by atoms with E-state index in [2.05, 4.69) is 10.3 Å². The van der Waals surface area contributed by atoms with Gasteiger partial charge in [-0.05, 0) is 12.3 Å². The van der Waals surface area contributed by atoms with Crippen molar-refractivity contribution in [2.75, 3.05) is 0 Å². The molecule has 0 radical (unpaired) electrons. The van der Waals surface area contributed by atoms with Gasteiger partial charge in [-0.15, -0.1) is 11.3 Å². The van der Waals surface area contributed by atoms with E-state index in [0.29, 0.717) is 10.7 Å². The van der Waals surface area contributed by atoms with Gasteiger partial charge < -0.3 is 16.2 Å². The Morgan fingerprint density at radius 2 is 2.05 bits per heavy atom. The fraction of sp³-hybridized carbons (Fsp3) is 0.583. The Hall–Kier alpha value is -1.47. The summed E-state index contributed by atoms with van der Waals surface area (Å²) in [4.78, 5) is 27.0. The molecule has 0 unspecified atom stereocenters. The molecule has 0 fully saturated rings. The summed E-state index contributed by atoms with van der Waals surface area (Å²) in [6.07, 6.45) is 0. The van der Waals surface area contributed by atoms with Crippen molar-refractivity contribution < 1.29 is 14.7 Å². The van der Waals surface area contributed by atoms with Crippen LogP contribution in [0.4, 0.5) is 0 Å². The maximum atomic E-state index is 11.8. The number of rotatable bonds is 4. The van der Waals surface area contributed by atoms with E-state index in [1.54, 1.807) is 6.92 Å². The average molecular weight is 285 g/mol. The van der Waals surface area contributed by atoms with Crippen molar-refractivity contribution in [2.45, 2.75) is 40.3 Å². The van der Waals surface area contributed by atoms with Gasteiger partial charge in [0.2, 0.25) is 5.91 Å². The van der Waals surface area contributed by atoms with Gasteiger partial charge in [0.25, 0.3) is 0 Å². The van der Waals surface area contributed by atoms with E-state index in [0.717, 1.165) is 11.3 Å². The number of thiazole rings is 1.